The fourth-order valence-electron chi connectivity index (χ4n) is 2.34. The number of aliphatic carboxylic acids is 1. The van der Waals surface area contributed by atoms with Crippen LogP contribution in [-0.2, 0) is 16.8 Å². The molecule has 5 heteroatoms. The Balaban J connectivity index is 2.26. The smallest absolute Gasteiger partial charge is 0.313 e. The van der Waals surface area contributed by atoms with E-state index >= 15 is 0 Å². The molecule has 1 N–H and O–H groups in total. The van der Waals surface area contributed by atoms with Gasteiger partial charge >= 0.3 is 5.97 Å². The molecule has 1 aliphatic rings. The number of thioether (sulfide) groups is 1. The Kier molecular flexibility index (Phi) is 3.47. The van der Waals surface area contributed by atoms with Crippen molar-refractivity contribution in [2.75, 3.05) is 5.75 Å². The number of carbonyl (C=O) groups is 1. The summed E-state index contributed by atoms with van der Waals surface area (Å²) in [4.78, 5) is 15.0. The summed E-state index contributed by atoms with van der Waals surface area (Å²) in [6.07, 6.45) is 6.40. The number of carboxylic acid groups (broad SMARTS) is 1. The first-order valence-corrected chi connectivity index (χ1v) is 6.97. The molecule has 4 nitrogen and oxygen atoms in total. The Labute approximate surface area is 105 Å². The molecule has 1 fully saturated rings. The number of hydrogen-bond donors (Lipinski definition) is 1. The normalized spacial score (nSPS) is 17.8. The molecule has 1 aromatic rings. The molecule has 1 heterocycles. The fourth-order valence-corrected chi connectivity index (χ4v) is 3.18. The maximum absolute atomic E-state index is 10.6. The van der Waals surface area contributed by atoms with Gasteiger partial charge in [0.25, 0.3) is 0 Å². The van der Waals surface area contributed by atoms with E-state index in [0.717, 1.165) is 24.4 Å². The lowest BCUT2D eigenvalue weighted by Gasteiger charge is -2.41. The van der Waals surface area contributed by atoms with Gasteiger partial charge in [-0.3, -0.25) is 4.79 Å². The van der Waals surface area contributed by atoms with Crippen LogP contribution in [0.3, 0.4) is 0 Å². The van der Waals surface area contributed by atoms with Crippen LogP contribution in [-0.4, -0.2) is 26.4 Å². The number of imidazole rings is 1. The molecule has 0 atom stereocenters. The minimum atomic E-state index is -0.790. The minimum absolute atomic E-state index is 0.0796. The highest BCUT2D eigenvalue weighted by Crippen LogP contribution is 2.42. The second-order valence-corrected chi connectivity index (χ2v) is 5.70. The van der Waals surface area contributed by atoms with Gasteiger partial charge in [0.2, 0.25) is 0 Å². The molecule has 0 aromatic carbocycles. The first-order chi connectivity index (χ1) is 8.07. The number of rotatable bonds is 5. The maximum Gasteiger partial charge on any atom is 0.313 e. The average molecular weight is 254 g/mol. The van der Waals surface area contributed by atoms with Crippen LogP contribution in [0.1, 0.15) is 38.8 Å². The second kappa shape index (κ2) is 4.72. The Bertz CT molecular complexity index is 424. The van der Waals surface area contributed by atoms with Gasteiger partial charge in [-0.2, -0.15) is 0 Å². The molecule has 0 radical (unpaired) electrons. The van der Waals surface area contributed by atoms with E-state index in [0.29, 0.717) is 0 Å². The summed E-state index contributed by atoms with van der Waals surface area (Å²) in [5.41, 5.74) is 1.36. The van der Waals surface area contributed by atoms with E-state index < -0.39 is 5.97 Å². The fraction of sp³-hybridized carbons (Fsp3) is 0.667. The molecule has 0 amide bonds. The van der Waals surface area contributed by atoms with Gasteiger partial charge in [-0.1, -0.05) is 18.7 Å². The van der Waals surface area contributed by atoms with Crippen LogP contribution < -0.4 is 0 Å². The number of aromatic nitrogens is 2. The van der Waals surface area contributed by atoms with Gasteiger partial charge in [0, 0.05) is 17.4 Å². The summed E-state index contributed by atoms with van der Waals surface area (Å²) >= 11 is 1.32. The van der Waals surface area contributed by atoms with Crippen molar-refractivity contribution < 1.29 is 9.90 Å². The molecule has 94 valence electrons. The topological polar surface area (TPSA) is 55.1 Å². The first-order valence-electron chi connectivity index (χ1n) is 5.98. The molecule has 0 bridgehead atoms. The summed E-state index contributed by atoms with van der Waals surface area (Å²) in [5.74, 6) is -0.711. The van der Waals surface area contributed by atoms with E-state index in [2.05, 4.69) is 23.4 Å². The lowest BCUT2D eigenvalue weighted by atomic mass is 9.78. The highest BCUT2D eigenvalue weighted by Gasteiger charge is 2.36. The molecule has 1 aliphatic carbocycles. The molecule has 2 rings (SSSR count). The lowest BCUT2D eigenvalue weighted by Crippen LogP contribution is -2.38. The molecular formula is C12H18N2O2S. The van der Waals surface area contributed by atoms with Crippen LogP contribution in [0.2, 0.25) is 0 Å². The van der Waals surface area contributed by atoms with Crippen LogP contribution in [0.25, 0.3) is 0 Å². The number of carboxylic acids is 1. The molecule has 17 heavy (non-hydrogen) atoms. The highest BCUT2D eigenvalue weighted by molar-refractivity contribution is 7.99. The van der Waals surface area contributed by atoms with Crippen molar-refractivity contribution >= 4 is 17.7 Å². The SMILES string of the molecule is CCc1cnc(SCC(=O)O)n1C1(C)CCC1. The van der Waals surface area contributed by atoms with E-state index in [1.54, 1.807) is 0 Å². The quantitative estimate of drug-likeness (QED) is 0.820. The Hall–Kier alpha value is -0.970. The largest absolute Gasteiger partial charge is 0.481 e. The van der Waals surface area contributed by atoms with Gasteiger partial charge in [-0.15, -0.1) is 0 Å². The van der Waals surface area contributed by atoms with Crippen molar-refractivity contribution in [1.29, 1.82) is 0 Å². The van der Waals surface area contributed by atoms with Gasteiger partial charge in [0.15, 0.2) is 5.16 Å². The van der Waals surface area contributed by atoms with E-state index in [4.69, 9.17) is 5.11 Å². The van der Waals surface area contributed by atoms with E-state index in [9.17, 15) is 4.79 Å². The monoisotopic (exact) mass is 254 g/mol. The minimum Gasteiger partial charge on any atom is -0.481 e. The summed E-state index contributed by atoms with van der Waals surface area (Å²) in [7, 11) is 0. The highest BCUT2D eigenvalue weighted by atomic mass is 32.2. The molecule has 0 saturated heterocycles. The summed E-state index contributed by atoms with van der Waals surface area (Å²) in [6, 6.07) is 0. The van der Waals surface area contributed by atoms with Gasteiger partial charge in [0.1, 0.15) is 0 Å². The molecule has 0 aliphatic heterocycles. The molecule has 1 aromatic heterocycles. The zero-order valence-corrected chi connectivity index (χ0v) is 11.1. The van der Waals surface area contributed by atoms with Crippen LogP contribution in [0.5, 0.6) is 0 Å². The Morgan fingerprint density at radius 3 is 2.82 bits per heavy atom. The third-order valence-corrected chi connectivity index (χ3v) is 4.40. The van der Waals surface area contributed by atoms with Crippen LogP contribution in [0, 0.1) is 0 Å². The lowest BCUT2D eigenvalue weighted by molar-refractivity contribution is -0.133. The number of aryl methyl sites for hydroxylation is 1. The summed E-state index contributed by atoms with van der Waals surface area (Å²) in [5, 5.41) is 9.60. The van der Waals surface area contributed by atoms with Gasteiger partial charge in [-0.25, -0.2) is 4.98 Å². The maximum atomic E-state index is 10.6. The zero-order chi connectivity index (χ0) is 12.5. The third kappa shape index (κ3) is 2.34. The summed E-state index contributed by atoms with van der Waals surface area (Å²) < 4.78 is 2.25. The second-order valence-electron chi connectivity index (χ2n) is 4.75. The van der Waals surface area contributed by atoms with Gasteiger partial charge in [0.05, 0.1) is 5.75 Å². The number of nitrogens with zero attached hydrogens (tertiary/aromatic N) is 2. The zero-order valence-electron chi connectivity index (χ0n) is 10.3. The van der Waals surface area contributed by atoms with Crippen molar-refractivity contribution in [3.8, 4) is 0 Å². The van der Waals surface area contributed by atoms with Crippen molar-refractivity contribution in [3.63, 3.8) is 0 Å². The Morgan fingerprint density at radius 2 is 2.35 bits per heavy atom. The predicted molar refractivity (Wildman–Crippen MR) is 67.5 cm³/mol. The van der Waals surface area contributed by atoms with Crippen LogP contribution >= 0.6 is 11.8 Å². The third-order valence-electron chi connectivity index (χ3n) is 3.46. The molecule has 0 spiro atoms. The average Bonchev–Trinajstić information content (AvgIpc) is 2.66. The molecule has 0 unspecified atom stereocenters. The summed E-state index contributed by atoms with van der Waals surface area (Å²) in [6.45, 7) is 4.35. The van der Waals surface area contributed by atoms with E-state index in [1.165, 1.54) is 23.9 Å². The van der Waals surface area contributed by atoms with Crippen molar-refractivity contribution in [1.82, 2.24) is 9.55 Å². The Morgan fingerprint density at radius 1 is 1.65 bits per heavy atom. The first kappa shape index (κ1) is 12.5. The van der Waals surface area contributed by atoms with Crippen molar-refractivity contribution in [2.24, 2.45) is 0 Å². The predicted octanol–water partition coefficient (Wildman–Crippen LogP) is 2.52. The standard InChI is InChI=1S/C12H18N2O2S/c1-3-9-7-13-11(17-8-10(15)16)14(9)12(2)5-4-6-12/h7H,3-6,8H2,1-2H3,(H,15,16). The van der Waals surface area contributed by atoms with Crippen molar-refractivity contribution in [2.45, 2.75) is 50.2 Å². The van der Waals surface area contributed by atoms with Gasteiger partial charge in [-0.05, 0) is 32.6 Å². The number of hydrogen-bond acceptors (Lipinski definition) is 3. The molecular weight excluding hydrogens is 236 g/mol. The van der Waals surface area contributed by atoms with E-state index in [-0.39, 0.29) is 11.3 Å². The van der Waals surface area contributed by atoms with Gasteiger partial charge < -0.3 is 9.67 Å². The van der Waals surface area contributed by atoms with Crippen molar-refractivity contribution in [3.05, 3.63) is 11.9 Å². The van der Waals surface area contributed by atoms with Crippen LogP contribution in [0.4, 0.5) is 0 Å². The molecule has 1 saturated carbocycles. The van der Waals surface area contributed by atoms with E-state index in [1.807, 2.05) is 6.20 Å². The van der Waals surface area contributed by atoms with Crippen LogP contribution in [0.15, 0.2) is 11.4 Å².